The number of amides is 2. The number of benzene rings is 2. The van der Waals surface area contributed by atoms with Crippen LogP contribution in [0.25, 0.3) is 0 Å². The Labute approximate surface area is 196 Å². The smallest absolute Gasteiger partial charge is 0.261 e. The third-order valence-corrected chi connectivity index (χ3v) is 7.02. The predicted molar refractivity (Wildman–Crippen MR) is 129 cm³/mol. The van der Waals surface area contributed by atoms with Gasteiger partial charge in [-0.1, -0.05) is 18.2 Å². The molecule has 1 aliphatic rings. The van der Waals surface area contributed by atoms with Crippen LogP contribution in [0, 0.1) is 13.8 Å². The molecule has 2 aromatic carbocycles. The van der Waals surface area contributed by atoms with Crippen LogP contribution in [0.2, 0.25) is 0 Å². The fraction of sp³-hybridized carbons (Fsp3) is 0.417. The van der Waals surface area contributed by atoms with Crippen molar-refractivity contribution in [2.45, 2.75) is 32.1 Å². The highest BCUT2D eigenvalue weighted by atomic mass is 32.2. The molecule has 9 heteroatoms. The average Bonchev–Trinajstić information content (AvgIpc) is 2.99. The van der Waals surface area contributed by atoms with Crippen molar-refractivity contribution in [1.29, 1.82) is 0 Å². The lowest BCUT2D eigenvalue weighted by Gasteiger charge is -2.23. The summed E-state index contributed by atoms with van der Waals surface area (Å²) in [5.41, 5.74) is 2.51. The van der Waals surface area contributed by atoms with Crippen LogP contribution < -0.4 is 10.0 Å². The Balaban J connectivity index is 1.74. The van der Waals surface area contributed by atoms with Crippen LogP contribution in [0.4, 0.5) is 5.69 Å². The largest absolute Gasteiger partial charge is 0.355 e. The zero-order valence-electron chi connectivity index (χ0n) is 19.4. The minimum Gasteiger partial charge on any atom is -0.355 e. The predicted octanol–water partition coefficient (Wildman–Crippen LogP) is 2.39. The van der Waals surface area contributed by atoms with Crippen molar-refractivity contribution in [1.82, 2.24) is 15.1 Å². The number of nitrogens with one attached hydrogen (secondary N) is 2. The summed E-state index contributed by atoms with van der Waals surface area (Å²) in [6.45, 7) is 8.84. The first-order valence-electron chi connectivity index (χ1n) is 11.2. The Kier molecular flexibility index (Phi) is 8.10. The Morgan fingerprint density at radius 3 is 2.52 bits per heavy atom. The molecule has 0 saturated carbocycles. The summed E-state index contributed by atoms with van der Waals surface area (Å²) in [7, 11) is -3.84. The summed E-state index contributed by atoms with van der Waals surface area (Å²) >= 11 is 0. The average molecular weight is 473 g/mol. The van der Waals surface area contributed by atoms with Crippen molar-refractivity contribution in [2.75, 3.05) is 44.0 Å². The lowest BCUT2D eigenvalue weighted by molar-refractivity contribution is -0.122. The molecule has 1 aliphatic heterocycles. The molecule has 0 spiro atoms. The molecule has 178 valence electrons. The SMILES string of the molecule is CCNC(=O)CN1CCCN(C(=O)c2cc(S(=O)(=O)Nc3cccc(C)c3)ccc2C)CC1. The van der Waals surface area contributed by atoms with Crippen LogP contribution in [-0.4, -0.2) is 69.3 Å². The van der Waals surface area contributed by atoms with E-state index in [-0.39, 0.29) is 16.7 Å². The fourth-order valence-corrected chi connectivity index (χ4v) is 4.96. The molecular weight excluding hydrogens is 440 g/mol. The number of likely N-dealkylation sites (N-methyl/N-ethyl adjacent to an activating group) is 1. The normalized spacial score (nSPS) is 15.1. The van der Waals surface area contributed by atoms with Crippen LogP contribution >= 0.6 is 0 Å². The third kappa shape index (κ3) is 6.55. The van der Waals surface area contributed by atoms with Crippen LogP contribution in [0.5, 0.6) is 0 Å². The lowest BCUT2D eigenvalue weighted by atomic mass is 10.1. The van der Waals surface area contributed by atoms with Gasteiger partial charge in [-0.2, -0.15) is 0 Å². The molecule has 0 bridgehead atoms. The molecular formula is C24H32N4O4S. The van der Waals surface area contributed by atoms with Crippen molar-refractivity contribution in [3.05, 3.63) is 59.2 Å². The van der Waals surface area contributed by atoms with Crippen molar-refractivity contribution < 1.29 is 18.0 Å². The zero-order chi connectivity index (χ0) is 24.0. The minimum atomic E-state index is -3.84. The van der Waals surface area contributed by atoms with Crippen molar-refractivity contribution in [3.63, 3.8) is 0 Å². The number of aryl methyl sites for hydroxylation is 2. The van der Waals surface area contributed by atoms with Crippen molar-refractivity contribution >= 4 is 27.5 Å². The summed E-state index contributed by atoms with van der Waals surface area (Å²) in [5, 5.41) is 2.80. The first kappa shape index (κ1) is 24.7. The molecule has 1 heterocycles. The minimum absolute atomic E-state index is 0.0212. The number of carbonyl (C=O) groups excluding carboxylic acids is 2. The quantitative estimate of drug-likeness (QED) is 0.645. The van der Waals surface area contributed by atoms with E-state index >= 15 is 0 Å². The van der Waals surface area contributed by atoms with Gasteiger partial charge in [0.15, 0.2) is 0 Å². The molecule has 0 aromatic heterocycles. The highest BCUT2D eigenvalue weighted by Gasteiger charge is 2.24. The van der Waals surface area contributed by atoms with Crippen LogP contribution in [0.1, 0.15) is 34.8 Å². The Bertz CT molecular complexity index is 1120. The van der Waals surface area contributed by atoms with Gasteiger partial charge in [0.25, 0.3) is 15.9 Å². The zero-order valence-corrected chi connectivity index (χ0v) is 20.2. The fourth-order valence-electron chi connectivity index (χ4n) is 3.88. The molecule has 0 aliphatic carbocycles. The Hall–Kier alpha value is -2.91. The lowest BCUT2D eigenvalue weighted by Crippen LogP contribution is -2.40. The topological polar surface area (TPSA) is 98.8 Å². The van der Waals surface area contributed by atoms with E-state index in [4.69, 9.17) is 0 Å². The molecule has 0 atom stereocenters. The molecule has 8 nitrogen and oxygen atoms in total. The molecule has 2 aromatic rings. The number of nitrogens with zero attached hydrogens (tertiary/aromatic N) is 2. The second kappa shape index (κ2) is 10.8. The first-order valence-corrected chi connectivity index (χ1v) is 12.7. The number of sulfonamides is 1. The maximum absolute atomic E-state index is 13.3. The van der Waals surface area contributed by atoms with Gasteiger partial charge in [0.2, 0.25) is 5.91 Å². The number of hydrogen-bond acceptors (Lipinski definition) is 5. The maximum Gasteiger partial charge on any atom is 0.261 e. The summed E-state index contributed by atoms with van der Waals surface area (Å²) in [4.78, 5) is 29.0. The monoisotopic (exact) mass is 472 g/mol. The maximum atomic E-state index is 13.3. The van der Waals surface area contributed by atoms with E-state index in [1.807, 2.05) is 24.8 Å². The van der Waals surface area contributed by atoms with Crippen LogP contribution in [0.3, 0.4) is 0 Å². The van der Waals surface area contributed by atoms with E-state index in [0.717, 1.165) is 24.1 Å². The highest BCUT2D eigenvalue weighted by Crippen LogP contribution is 2.21. The van der Waals surface area contributed by atoms with E-state index in [9.17, 15) is 18.0 Å². The van der Waals surface area contributed by atoms with Gasteiger partial charge in [-0.25, -0.2) is 8.42 Å². The van der Waals surface area contributed by atoms with Gasteiger partial charge in [-0.05, 0) is 62.6 Å². The van der Waals surface area contributed by atoms with Gasteiger partial charge >= 0.3 is 0 Å². The van der Waals surface area contributed by atoms with E-state index < -0.39 is 10.0 Å². The van der Waals surface area contributed by atoms with Crippen LogP contribution in [0.15, 0.2) is 47.4 Å². The Morgan fingerprint density at radius 1 is 1.00 bits per heavy atom. The summed E-state index contributed by atoms with van der Waals surface area (Å²) < 4.78 is 28.5. The standard InChI is InChI=1S/C24H32N4O4S/c1-4-25-23(29)17-27-11-6-12-28(14-13-27)24(30)22-16-21(10-9-19(22)3)33(31,32)26-20-8-5-7-18(2)15-20/h5,7-10,15-16,26H,4,6,11-14,17H2,1-3H3,(H,25,29). The summed E-state index contributed by atoms with van der Waals surface area (Å²) in [5.74, 6) is -0.216. The summed E-state index contributed by atoms with van der Waals surface area (Å²) in [6.07, 6.45) is 0.747. The molecule has 0 unspecified atom stereocenters. The van der Waals surface area contributed by atoms with E-state index in [0.29, 0.717) is 44.0 Å². The molecule has 2 N–H and O–H groups in total. The highest BCUT2D eigenvalue weighted by molar-refractivity contribution is 7.92. The van der Waals surface area contributed by atoms with Crippen LogP contribution in [-0.2, 0) is 14.8 Å². The number of anilines is 1. The molecule has 33 heavy (non-hydrogen) atoms. The van der Waals surface area contributed by atoms with Gasteiger partial charge in [0.1, 0.15) is 0 Å². The number of carbonyl (C=O) groups is 2. The van der Waals surface area contributed by atoms with Gasteiger partial charge in [0, 0.05) is 44.0 Å². The van der Waals surface area contributed by atoms with E-state index in [1.165, 1.54) is 12.1 Å². The van der Waals surface area contributed by atoms with Crippen molar-refractivity contribution in [2.24, 2.45) is 0 Å². The van der Waals surface area contributed by atoms with Gasteiger partial charge in [-0.15, -0.1) is 0 Å². The van der Waals surface area contributed by atoms with E-state index in [1.54, 1.807) is 36.1 Å². The molecule has 0 radical (unpaired) electrons. The second-order valence-corrected chi connectivity index (χ2v) is 10.0. The van der Waals surface area contributed by atoms with Gasteiger partial charge < -0.3 is 10.2 Å². The molecule has 3 rings (SSSR count). The van der Waals surface area contributed by atoms with Gasteiger partial charge in [-0.3, -0.25) is 19.2 Å². The molecule has 2 amide bonds. The number of hydrogen-bond donors (Lipinski definition) is 2. The third-order valence-electron chi connectivity index (χ3n) is 5.64. The molecule has 1 fully saturated rings. The molecule has 1 saturated heterocycles. The number of rotatable bonds is 7. The van der Waals surface area contributed by atoms with Crippen molar-refractivity contribution in [3.8, 4) is 0 Å². The van der Waals surface area contributed by atoms with Gasteiger partial charge in [0.05, 0.1) is 11.4 Å². The van der Waals surface area contributed by atoms with E-state index in [2.05, 4.69) is 10.0 Å². The second-order valence-electron chi connectivity index (χ2n) is 8.33. The Morgan fingerprint density at radius 2 is 1.79 bits per heavy atom. The first-order chi connectivity index (χ1) is 15.7. The summed E-state index contributed by atoms with van der Waals surface area (Å²) in [6, 6.07) is 11.7.